The number of amides is 1. The maximum atomic E-state index is 11.2. The van der Waals surface area contributed by atoms with Crippen molar-refractivity contribution in [1.29, 1.82) is 0 Å². The van der Waals surface area contributed by atoms with Crippen LogP contribution in [0.5, 0.6) is 0 Å². The second-order valence-corrected chi connectivity index (χ2v) is 4.59. The van der Waals surface area contributed by atoms with Crippen LogP contribution in [0.4, 0.5) is 5.82 Å². The van der Waals surface area contributed by atoms with Gasteiger partial charge in [0.2, 0.25) is 5.91 Å². The number of pyridine rings is 1. The molecule has 0 spiro atoms. The first kappa shape index (κ1) is 12.6. The fourth-order valence-electron chi connectivity index (χ4n) is 2.19. The SMILES string of the molecule is C=CC(=O)NCc1cc(C)nc(N2CCCC2)c1. The van der Waals surface area contributed by atoms with Gasteiger partial charge in [-0.25, -0.2) is 4.98 Å². The summed E-state index contributed by atoms with van der Waals surface area (Å²) >= 11 is 0. The third-order valence-corrected chi connectivity index (χ3v) is 3.08. The lowest BCUT2D eigenvalue weighted by molar-refractivity contribution is -0.116. The average Bonchev–Trinajstić information content (AvgIpc) is 2.89. The van der Waals surface area contributed by atoms with Crippen molar-refractivity contribution in [2.75, 3.05) is 18.0 Å². The summed E-state index contributed by atoms with van der Waals surface area (Å²) < 4.78 is 0. The van der Waals surface area contributed by atoms with Crippen LogP contribution < -0.4 is 10.2 Å². The summed E-state index contributed by atoms with van der Waals surface area (Å²) in [6, 6.07) is 4.06. The zero-order valence-electron chi connectivity index (χ0n) is 10.8. The van der Waals surface area contributed by atoms with Crippen molar-refractivity contribution in [2.45, 2.75) is 26.3 Å². The minimum atomic E-state index is -0.146. The fourth-order valence-corrected chi connectivity index (χ4v) is 2.19. The van der Waals surface area contributed by atoms with Crippen LogP contribution in [0, 0.1) is 6.92 Å². The lowest BCUT2D eigenvalue weighted by Gasteiger charge is -2.18. The number of aryl methyl sites for hydroxylation is 1. The molecule has 0 atom stereocenters. The van der Waals surface area contributed by atoms with E-state index in [1.165, 1.54) is 18.9 Å². The quantitative estimate of drug-likeness (QED) is 0.823. The smallest absolute Gasteiger partial charge is 0.243 e. The lowest BCUT2D eigenvalue weighted by atomic mass is 10.2. The Balaban J connectivity index is 2.10. The Hall–Kier alpha value is -1.84. The number of aromatic nitrogens is 1. The van der Waals surface area contributed by atoms with Crippen molar-refractivity contribution in [3.8, 4) is 0 Å². The van der Waals surface area contributed by atoms with Gasteiger partial charge in [-0.1, -0.05) is 6.58 Å². The van der Waals surface area contributed by atoms with E-state index in [-0.39, 0.29) is 5.91 Å². The Kier molecular flexibility index (Phi) is 3.97. The molecular weight excluding hydrogens is 226 g/mol. The number of hydrogen-bond donors (Lipinski definition) is 1. The minimum absolute atomic E-state index is 0.146. The molecular formula is C14H19N3O. The van der Waals surface area contributed by atoms with Gasteiger partial charge in [0.1, 0.15) is 5.82 Å². The van der Waals surface area contributed by atoms with Gasteiger partial charge in [0.25, 0.3) is 0 Å². The van der Waals surface area contributed by atoms with E-state index in [1.54, 1.807) is 0 Å². The van der Waals surface area contributed by atoms with Crippen molar-refractivity contribution in [3.63, 3.8) is 0 Å². The van der Waals surface area contributed by atoms with Crippen molar-refractivity contribution < 1.29 is 4.79 Å². The monoisotopic (exact) mass is 245 g/mol. The number of carbonyl (C=O) groups excluding carboxylic acids is 1. The highest BCUT2D eigenvalue weighted by molar-refractivity contribution is 5.86. The van der Waals surface area contributed by atoms with E-state index in [9.17, 15) is 4.79 Å². The summed E-state index contributed by atoms with van der Waals surface area (Å²) in [6.07, 6.45) is 3.76. The Morgan fingerprint density at radius 2 is 2.22 bits per heavy atom. The Bertz CT molecular complexity index is 450. The third-order valence-electron chi connectivity index (χ3n) is 3.08. The average molecular weight is 245 g/mol. The van der Waals surface area contributed by atoms with E-state index >= 15 is 0 Å². The third kappa shape index (κ3) is 3.09. The highest BCUT2D eigenvalue weighted by atomic mass is 16.1. The van der Waals surface area contributed by atoms with E-state index in [4.69, 9.17) is 0 Å². The molecule has 0 saturated carbocycles. The van der Waals surface area contributed by atoms with Crippen LogP contribution in [0.3, 0.4) is 0 Å². The molecule has 1 fully saturated rings. The molecule has 1 aromatic rings. The molecule has 4 heteroatoms. The summed E-state index contributed by atoms with van der Waals surface area (Å²) in [7, 11) is 0. The Morgan fingerprint density at radius 3 is 2.89 bits per heavy atom. The largest absolute Gasteiger partial charge is 0.357 e. The van der Waals surface area contributed by atoms with E-state index in [0.717, 1.165) is 30.2 Å². The molecule has 1 aromatic heterocycles. The van der Waals surface area contributed by atoms with Gasteiger partial charge in [-0.3, -0.25) is 4.79 Å². The number of nitrogens with one attached hydrogen (secondary N) is 1. The Labute approximate surface area is 108 Å². The molecule has 0 radical (unpaired) electrons. The molecule has 2 rings (SSSR count). The van der Waals surface area contributed by atoms with E-state index in [1.807, 2.05) is 13.0 Å². The molecule has 2 heterocycles. The van der Waals surface area contributed by atoms with Crippen LogP contribution in [0.2, 0.25) is 0 Å². The maximum absolute atomic E-state index is 11.2. The molecule has 0 bridgehead atoms. The van der Waals surface area contributed by atoms with Gasteiger partial charge < -0.3 is 10.2 Å². The van der Waals surface area contributed by atoms with E-state index in [2.05, 4.69) is 27.8 Å². The first-order chi connectivity index (χ1) is 8.69. The van der Waals surface area contributed by atoms with Gasteiger partial charge in [0.15, 0.2) is 0 Å². The summed E-state index contributed by atoms with van der Waals surface area (Å²) in [6.45, 7) is 8.10. The predicted octanol–water partition coefficient (Wildman–Crippen LogP) is 1.79. The van der Waals surface area contributed by atoms with Gasteiger partial charge in [-0.15, -0.1) is 0 Å². The normalized spacial score (nSPS) is 14.6. The van der Waals surface area contributed by atoms with Crippen LogP contribution in [-0.2, 0) is 11.3 Å². The molecule has 1 amide bonds. The molecule has 96 valence electrons. The highest BCUT2D eigenvalue weighted by Crippen LogP contribution is 2.19. The predicted molar refractivity (Wildman–Crippen MR) is 72.5 cm³/mol. The van der Waals surface area contributed by atoms with Gasteiger partial charge in [0.05, 0.1) is 0 Å². The van der Waals surface area contributed by atoms with Gasteiger partial charge in [0, 0.05) is 25.3 Å². The van der Waals surface area contributed by atoms with Crippen molar-refractivity contribution >= 4 is 11.7 Å². The number of hydrogen-bond acceptors (Lipinski definition) is 3. The molecule has 0 aliphatic carbocycles. The highest BCUT2D eigenvalue weighted by Gasteiger charge is 2.14. The first-order valence-electron chi connectivity index (χ1n) is 6.32. The van der Waals surface area contributed by atoms with Gasteiger partial charge in [-0.05, 0) is 43.5 Å². The molecule has 1 N–H and O–H groups in total. The summed E-state index contributed by atoms with van der Waals surface area (Å²) in [5.41, 5.74) is 2.07. The number of rotatable bonds is 4. The molecule has 0 aromatic carbocycles. The second-order valence-electron chi connectivity index (χ2n) is 4.59. The standard InChI is InChI=1S/C14H19N3O/c1-3-14(18)15-10-12-8-11(2)16-13(9-12)17-6-4-5-7-17/h3,8-9H,1,4-7,10H2,2H3,(H,15,18). The van der Waals surface area contributed by atoms with Crippen molar-refractivity contribution in [2.24, 2.45) is 0 Å². The summed E-state index contributed by atoms with van der Waals surface area (Å²) in [5.74, 6) is 0.877. The molecule has 4 nitrogen and oxygen atoms in total. The maximum Gasteiger partial charge on any atom is 0.243 e. The molecule has 1 aliphatic rings. The number of carbonyl (C=O) groups is 1. The van der Waals surface area contributed by atoms with Crippen LogP contribution >= 0.6 is 0 Å². The summed E-state index contributed by atoms with van der Waals surface area (Å²) in [4.78, 5) is 18.0. The first-order valence-corrected chi connectivity index (χ1v) is 6.32. The zero-order valence-corrected chi connectivity index (χ0v) is 10.8. The van der Waals surface area contributed by atoms with Crippen LogP contribution in [0.15, 0.2) is 24.8 Å². The molecule has 18 heavy (non-hydrogen) atoms. The Morgan fingerprint density at radius 1 is 1.50 bits per heavy atom. The molecule has 0 unspecified atom stereocenters. The van der Waals surface area contributed by atoms with Crippen molar-refractivity contribution in [3.05, 3.63) is 36.0 Å². The van der Waals surface area contributed by atoms with Crippen LogP contribution in [0.25, 0.3) is 0 Å². The van der Waals surface area contributed by atoms with E-state index < -0.39 is 0 Å². The summed E-state index contributed by atoms with van der Waals surface area (Å²) in [5, 5.41) is 2.79. The molecule has 1 saturated heterocycles. The zero-order chi connectivity index (χ0) is 13.0. The van der Waals surface area contributed by atoms with Crippen LogP contribution in [-0.4, -0.2) is 24.0 Å². The second kappa shape index (κ2) is 5.67. The van der Waals surface area contributed by atoms with Crippen LogP contribution in [0.1, 0.15) is 24.1 Å². The molecule has 1 aliphatic heterocycles. The topological polar surface area (TPSA) is 45.2 Å². The van der Waals surface area contributed by atoms with E-state index in [0.29, 0.717) is 6.54 Å². The van der Waals surface area contributed by atoms with Gasteiger partial charge in [-0.2, -0.15) is 0 Å². The lowest BCUT2D eigenvalue weighted by Crippen LogP contribution is -2.22. The minimum Gasteiger partial charge on any atom is -0.357 e. The van der Waals surface area contributed by atoms with Crippen molar-refractivity contribution in [1.82, 2.24) is 10.3 Å². The number of anilines is 1. The number of nitrogens with zero attached hydrogens (tertiary/aromatic N) is 2. The fraction of sp³-hybridized carbons (Fsp3) is 0.429. The van der Waals surface area contributed by atoms with Gasteiger partial charge >= 0.3 is 0 Å².